The van der Waals surface area contributed by atoms with E-state index in [1.54, 1.807) is 18.3 Å². The Balaban J connectivity index is 2.30. The van der Waals surface area contributed by atoms with Gasteiger partial charge in [0.25, 0.3) is 0 Å². The smallest absolute Gasteiger partial charge is 0.143 e. The quantitative estimate of drug-likeness (QED) is 0.732. The second-order valence-electron chi connectivity index (χ2n) is 3.35. The fourth-order valence-corrected chi connectivity index (χ4v) is 1.44. The van der Waals surface area contributed by atoms with Gasteiger partial charge in [-0.05, 0) is 11.6 Å². The molecule has 0 bridgehead atoms. The van der Waals surface area contributed by atoms with Crippen molar-refractivity contribution in [1.82, 2.24) is 9.97 Å². The average molecular weight is 214 g/mol. The molecule has 1 unspecified atom stereocenters. The number of allylic oxidation sites excluding steroid dienone is 1. The molecule has 2 nitrogen and oxygen atoms in total. The maximum Gasteiger partial charge on any atom is 0.143 e. The van der Waals surface area contributed by atoms with E-state index in [-0.39, 0.29) is 0 Å². The van der Waals surface area contributed by atoms with Gasteiger partial charge in [0.1, 0.15) is 12.5 Å². The van der Waals surface area contributed by atoms with Crippen LogP contribution in [0.15, 0.2) is 55.5 Å². The van der Waals surface area contributed by atoms with Crippen LogP contribution in [-0.2, 0) is 0 Å². The summed E-state index contributed by atoms with van der Waals surface area (Å²) in [6.07, 6.45) is 3.34. The Morgan fingerprint density at radius 3 is 2.50 bits per heavy atom. The zero-order valence-electron chi connectivity index (χ0n) is 8.68. The Morgan fingerprint density at radius 1 is 1.19 bits per heavy atom. The highest BCUT2D eigenvalue weighted by Gasteiger charge is 2.05. The Labute approximate surface area is 93.5 Å². The average Bonchev–Trinajstić information content (AvgIpc) is 2.39. The molecule has 2 rings (SSSR count). The molecule has 2 aromatic rings. The summed E-state index contributed by atoms with van der Waals surface area (Å²) >= 11 is 0. The van der Waals surface area contributed by atoms with E-state index in [1.807, 2.05) is 18.2 Å². The number of rotatable bonds is 3. The van der Waals surface area contributed by atoms with Crippen LogP contribution >= 0.6 is 0 Å². The first-order valence-electron chi connectivity index (χ1n) is 4.94. The minimum Gasteiger partial charge on any atom is -0.245 e. The van der Waals surface area contributed by atoms with E-state index in [4.69, 9.17) is 0 Å². The molecular weight excluding hydrogens is 203 g/mol. The SMILES string of the molecule is C=CC(F)c1ccc(-c2ccncn2)cc1. The largest absolute Gasteiger partial charge is 0.245 e. The van der Waals surface area contributed by atoms with Crippen molar-refractivity contribution in [3.8, 4) is 11.3 Å². The first kappa shape index (κ1) is 10.5. The van der Waals surface area contributed by atoms with E-state index < -0.39 is 6.17 Å². The van der Waals surface area contributed by atoms with Gasteiger partial charge < -0.3 is 0 Å². The number of hydrogen-bond donors (Lipinski definition) is 0. The van der Waals surface area contributed by atoms with Crippen molar-refractivity contribution < 1.29 is 4.39 Å². The Bertz CT molecular complexity index is 465. The molecule has 1 heterocycles. The molecule has 1 atom stereocenters. The summed E-state index contributed by atoms with van der Waals surface area (Å²) in [5.74, 6) is 0. The van der Waals surface area contributed by atoms with Crippen molar-refractivity contribution in [2.75, 3.05) is 0 Å². The molecule has 0 fully saturated rings. The predicted octanol–water partition coefficient (Wildman–Crippen LogP) is 3.34. The third-order valence-electron chi connectivity index (χ3n) is 2.31. The first-order chi connectivity index (χ1) is 7.81. The van der Waals surface area contributed by atoms with Crippen molar-refractivity contribution in [2.24, 2.45) is 0 Å². The monoisotopic (exact) mass is 214 g/mol. The third kappa shape index (κ3) is 2.14. The second-order valence-corrected chi connectivity index (χ2v) is 3.35. The molecule has 80 valence electrons. The van der Waals surface area contributed by atoms with Crippen molar-refractivity contribution in [3.63, 3.8) is 0 Å². The first-order valence-corrected chi connectivity index (χ1v) is 4.94. The molecule has 0 aliphatic carbocycles. The van der Waals surface area contributed by atoms with E-state index in [2.05, 4.69) is 16.5 Å². The van der Waals surface area contributed by atoms with Crippen LogP contribution in [0.1, 0.15) is 11.7 Å². The summed E-state index contributed by atoms with van der Waals surface area (Å²) < 4.78 is 13.3. The minimum atomic E-state index is -1.11. The highest BCUT2D eigenvalue weighted by molar-refractivity contribution is 5.58. The van der Waals surface area contributed by atoms with Crippen LogP contribution in [0.5, 0.6) is 0 Å². The van der Waals surface area contributed by atoms with Crippen LogP contribution in [0.2, 0.25) is 0 Å². The summed E-state index contributed by atoms with van der Waals surface area (Å²) in [5.41, 5.74) is 2.38. The highest BCUT2D eigenvalue weighted by atomic mass is 19.1. The summed E-state index contributed by atoms with van der Waals surface area (Å²) in [6, 6.07) is 8.98. The second kappa shape index (κ2) is 4.66. The zero-order valence-corrected chi connectivity index (χ0v) is 8.68. The number of aromatic nitrogens is 2. The lowest BCUT2D eigenvalue weighted by Crippen LogP contribution is -1.88. The van der Waals surface area contributed by atoms with E-state index >= 15 is 0 Å². The summed E-state index contributed by atoms with van der Waals surface area (Å²) in [7, 11) is 0. The normalized spacial score (nSPS) is 12.1. The van der Waals surface area contributed by atoms with Gasteiger partial charge in [-0.25, -0.2) is 14.4 Å². The molecule has 0 spiro atoms. The summed E-state index contributed by atoms with van der Waals surface area (Å²) in [4.78, 5) is 7.96. The Hall–Kier alpha value is -2.03. The lowest BCUT2D eigenvalue weighted by atomic mass is 10.1. The van der Waals surface area contributed by atoms with Crippen molar-refractivity contribution in [1.29, 1.82) is 0 Å². The van der Waals surface area contributed by atoms with Gasteiger partial charge in [-0.2, -0.15) is 0 Å². The molecule has 1 aromatic carbocycles. The molecule has 0 aliphatic rings. The van der Waals surface area contributed by atoms with E-state index in [9.17, 15) is 4.39 Å². The van der Waals surface area contributed by atoms with E-state index in [0.717, 1.165) is 11.3 Å². The van der Waals surface area contributed by atoms with Gasteiger partial charge in [-0.1, -0.05) is 36.9 Å². The van der Waals surface area contributed by atoms with Crippen LogP contribution in [0.25, 0.3) is 11.3 Å². The molecule has 0 aliphatic heterocycles. The van der Waals surface area contributed by atoms with Gasteiger partial charge in [-0.3, -0.25) is 0 Å². The van der Waals surface area contributed by atoms with E-state index in [1.165, 1.54) is 12.4 Å². The molecule has 3 heteroatoms. The number of nitrogens with zero attached hydrogens (tertiary/aromatic N) is 2. The van der Waals surface area contributed by atoms with E-state index in [0.29, 0.717) is 5.56 Å². The van der Waals surface area contributed by atoms with Crippen LogP contribution in [0, 0.1) is 0 Å². The van der Waals surface area contributed by atoms with Gasteiger partial charge in [-0.15, -0.1) is 0 Å². The highest BCUT2D eigenvalue weighted by Crippen LogP contribution is 2.22. The summed E-state index contributed by atoms with van der Waals surface area (Å²) in [6.45, 7) is 3.42. The van der Waals surface area contributed by atoms with Gasteiger partial charge in [0.2, 0.25) is 0 Å². The molecule has 1 aromatic heterocycles. The topological polar surface area (TPSA) is 25.8 Å². The standard InChI is InChI=1S/C13H11FN2/c1-2-12(14)10-3-5-11(6-4-10)13-7-8-15-9-16-13/h2-9,12H,1H2. The van der Waals surface area contributed by atoms with Crippen molar-refractivity contribution in [3.05, 3.63) is 61.1 Å². The number of hydrogen-bond acceptors (Lipinski definition) is 2. The lowest BCUT2D eigenvalue weighted by molar-refractivity contribution is 0.415. The van der Waals surface area contributed by atoms with Crippen molar-refractivity contribution >= 4 is 0 Å². The fraction of sp³-hybridized carbons (Fsp3) is 0.0769. The minimum absolute atomic E-state index is 0.604. The fourth-order valence-electron chi connectivity index (χ4n) is 1.44. The summed E-state index contributed by atoms with van der Waals surface area (Å²) in [5, 5.41) is 0. The zero-order chi connectivity index (χ0) is 11.4. The van der Waals surface area contributed by atoms with Crippen LogP contribution in [-0.4, -0.2) is 9.97 Å². The maximum absolute atomic E-state index is 13.3. The molecule has 16 heavy (non-hydrogen) atoms. The third-order valence-corrected chi connectivity index (χ3v) is 2.31. The van der Waals surface area contributed by atoms with Gasteiger partial charge >= 0.3 is 0 Å². The maximum atomic E-state index is 13.3. The number of halogens is 1. The number of alkyl halides is 1. The Kier molecular flexibility index (Phi) is 3.05. The van der Waals surface area contributed by atoms with Crippen molar-refractivity contribution in [2.45, 2.75) is 6.17 Å². The van der Waals surface area contributed by atoms with Crippen LogP contribution in [0.3, 0.4) is 0 Å². The van der Waals surface area contributed by atoms with Gasteiger partial charge in [0, 0.05) is 11.8 Å². The Morgan fingerprint density at radius 2 is 1.94 bits per heavy atom. The van der Waals surface area contributed by atoms with Gasteiger partial charge in [0.15, 0.2) is 0 Å². The van der Waals surface area contributed by atoms with Crippen LogP contribution < -0.4 is 0 Å². The lowest BCUT2D eigenvalue weighted by Gasteiger charge is -2.04. The molecular formula is C13H11FN2. The molecule has 0 N–H and O–H groups in total. The van der Waals surface area contributed by atoms with Crippen LogP contribution in [0.4, 0.5) is 4.39 Å². The van der Waals surface area contributed by atoms with Gasteiger partial charge in [0.05, 0.1) is 5.69 Å². The predicted molar refractivity (Wildman–Crippen MR) is 61.5 cm³/mol. The molecule has 0 radical (unpaired) electrons. The molecule has 0 saturated carbocycles. The molecule has 0 amide bonds. The molecule has 0 saturated heterocycles. The number of benzene rings is 1.